The van der Waals surface area contributed by atoms with Crippen molar-refractivity contribution in [3.8, 4) is 0 Å². The molecule has 21 heavy (non-hydrogen) atoms. The molecule has 0 aliphatic carbocycles. The van der Waals surface area contributed by atoms with E-state index in [1.54, 1.807) is 7.11 Å². The second kappa shape index (κ2) is 9.00. The highest BCUT2D eigenvalue weighted by Gasteiger charge is 2.18. The van der Waals surface area contributed by atoms with Gasteiger partial charge in [0.1, 0.15) is 5.82 Å². The molecule has 120 valence electrons. The largest absolute Gasteiger partial charge is 0.383 e. The van der Waals surface area contributed by atoms with Crippen LogP contribution in [0.2, 0.25) is 0 Å². The Hall–Kier alpha value is -1.13. The molecule has 0 saturated heterocycles. The van der Waals surface area contributed by atoms with Gasteiger partial charge in [0.25, 0.3) is 0 Å². The fourth-order valence-electron chi connectivity index (χ4n) is 2.79. The molecule has 1 aromatic rings. The van der Waals surface area contributed by atoms with Gasteiger partial charge in [-0.2, -0.15) is 0 Å². The van der Waals surface area contributed by atoms with E-state index in [0.29, 0.717) is 6.04 Å². The summed E-state index contributed by atoms with van der Waals surface area (Å²) in [5.41, 5.74) is 8.30. The number of ether oxygens (including phenoxy) is 1. The molecular formula is C17H31N3O. The number of hydrogen-bond donors (Lipinski definition) is 1. The first-order chi connectivity index (χ1) is 10.0. The Kier molecular flexibility index (Phi) is 7.68. The zero-order valence-corrected chi connectivity index (χ0v) is 14.2. The Morgan fingerprint density at radius 1 is 1.33 bits per heavy atom. The van der Waals surface area contributed by atoms with Crippen LogP contribution in [0.4, 0.5) is 5.82 Å². The van der Waals surface area contributed by atoms with Crippen molar-refractivity contribution in [3.05, 3.63) is 23.4 Å². The molecule has 0 spiro atoms. The lowest BCUT2D eigenvalue weighted by Gasteiger charge is -2.32. The predicted octanol–water partition coefficient (Wildman–Crippen LogP) is 2.92. The Balaban J connectivity index is 3.00. The van der Waals surface area contributed by atoms with E-state index in [4.69, 9.17) is 15.5 Å². The molecule has 1 rings (SSSR count). The number of aryl methyl sites for hydroxylation is 1. The normalized spacial score (nSPS) is 12.7. The third kappa shape index (κ3) is 5.29. The maximum absolute atomic E-state index is 5.87. The standard InChI is InChI=1S/C17H31N3O/c1-6-16(7-2)20(8-9-21-5)17-13(3)10-15(12-19-17)11-14(4)18/h10,12,14,16H,6-9,11,18H2,1-5H3. The minimum Gasteiger partial charge on any atom is -0.383 e. The highest BCUT2D eigenvalue weighted by molar-refractivity contribution is 5.48. The summed E-state index contributed by atoms with van der Waals surface area (Å²) >= 11 is 0. The number of methoxy groups -OCH3 is 1. The molecule has 4 nitrogen and oxygen atoms in total. The lowest BCUT2D eigenvalue weighted by atomic mass is 10.1. The number of rotatable bonds is 9. The Bertz CT molecular complexity index is 416. The van der Waals surface area contributed by atoms with Gasteiger partial charge in [-0.3, -0.25) is 0 Å². The van der Waals surface area contributed by atoms with Crippen molar-refractivity contribution in [1.29, 1.82) is 0 Å². The number of nitrogens with zero attached hydrogens (tertiary/aromatic N) is 2. The van der Waals surface area contributed by atoms with Gasteiger partial charge in [-0.15, -0.1) is 0 Å². The van der Waals surface area contributed by atoms with E-state index in [2.05, 4.69) is 31.7 Å². The molecular weight excluding hydrogens is 262 g/mol. The molecule has 0 saturated carbocycles. The molecule has 0 bridgehead atoms. The fourth-order valence-corrected chi connectivity index (χ4v) is 2.79. The van der Waals surface area contributed by atoms with Gasteiger partial charge in [-0.05, 0) is 44.2 Å². The van der Waals surface area contributed by atoms with Gasteiger partial charge in [-0.1, -0.05) is 19.9 Å². The highest BCUT2D eigenvalue weighted by Crippen LogP contribution is 2.23. The van der Waals surface area contributed by atoms with Gasteiger partial charge in [0.05, 0.1) is 6.61 Å². The molecule has 0 radical (unpaired) electrons. The maximum atomic E-state index is 5.87. The SMILES string of the molecule is CCC(CC)N(CCOC)c1ncc(CC(C)N)cc1C. The molecule has 4 heteroatoms. The van der Waals surface area contributed by atoms with Crippen LogP contribution in [0, 0.1) is 6.92 Å². The average molecular weight is 293 g/mol. The number of pyridine rings is 1. The van der Waals surface area contributed by atoms with Crippen LogP contribution in [0.3, 0.4) is 0 Å². The van der Waals surface area contributed by atoms with E-state index >= 15 is 0 Å². The van der Waals surface area contributed by atoms with Crippen molar-refractivity contribution in [2.45, 2.75) is 59.0 Å². The van der Waals surface area contributed by atoms with Crippen molar-refractivity contribution < 1.29 is 4.74 Å². The summed E-state index contributed by atoms with van der Waals surface area (Å²) in [5, 5.41) is 0. The minimum absolute atomic E-state index is 0.167. The molecule has 0 aliphatic heterocycles. The van der Waals surface area contributed by atoms with Gasteiger partial charge in [0, 0.05) is 31.9 Å². The van der Waals surface area contributed by atoms with E-state index < -0.39 is 0 Å². The maximum Gasteiger partial charge on any atom is 0.131 e. The lowest BCUT2D eigenvalue weighted by molar-refractivity contribution is 0.202. The molecule has 0 fully saturated rings. The van der Waals surface area contributed by atoms with Crippen molar-refractivity contribution in [2.24, 2.45) is 5.73 Å². The highest BCUT2D eigenvalue weighted by atomic mass is 16.5. The molecule has 0 aliphatic rings. The van der Waals surface area contributed by atoms with E-state index in [9.17, 15) is 0 Å². The number of aromatic nitrogens is 1. The first kappa shape index (κ1) is 17.9. The van der Waals surface area contributed by atoms with E-state index in [1.807, 2.05) is 13.1 Å². The van der Waals surface area contributed by atoms with Gasteiger partial charge in [-0.25, -0.2) is 4.98 Å². The number of nitrogens with two attached hydrogens (primary N) is 1. The Labute approximate surface area is 129 Å². The van der Waals surface area contributed by atoms with Crippen molar-refractivity contribution in [1.82, 2.24) is 4.98 Å². The van der Waals surface area contributed by atoms with Crippen LogP contribution in [-0.4, -0.2) is 37.3 Å². The summed E-state index contributed by atoms with van der Waals surface area (Å²) in [6.45, 7) is 10.2. The van der Waals surface area contributed by atoms with Crippen LogP contribution in [0.5, 0.6) is 0 Å². The smallest absolute Gasteiger partial charge is 0.131 e. The average Bonchev–Trinajstić information content (AvgIpc) is 2.43. The molecule has 1 aromatic heterocycles. The zero-order valence-electron chi connectivity index (χ0n) is 14.2. The number of hydrogen-bond acceptors (Lipinski definition) is 4. The van der Waals surface area contributed by atoms with Crippen LogP contribution in [0.25, 0.3) is 0 Å². The first-order valence-corrected chi connectivity index (χ1v) is 8.00. The molecule has 0 aromatic carbocycles. The van der Waals surface area contributed by atoms with Crippen LogP contribution in [-0.2, 0) is 11.2 Å². The summed E-state index contributed by atoms with van der Waals surface area (Å²) in [7, 11) is 1.75. The molecule has 1 unspecified atom stereocenters. The van der Waals surface area contributed by atoms with Crippen molar-refractivity contribution in [3.63, 3.8) is 0 Å². The van der Waals surface area contributed by atoms with Crippen molar-refractivity contribution >= 4 is 5.82 Å². The summed E-state index contributed by atoms with van der Waals surface area (Å²) in [6, 6.07) is 2.89. The third-order valence-corrected chi connectivity index (χ3v) is 3.86. The summed E-state index contributed by atoms with van der Waals surface area (Å²) in [4.78, 5) is 7.10. The minimum atomic E-state index is 0.167. The van der Waals surface area contributed by atoms with Gasteiger partial charge >= 0.3 is 0 Å². The summed E-state index contributed by atoms with van der Waals surface area (Å²) in [5.74, 6) is 1.08. The monoisotopic (exact) mass is 293 g/mol. The lowest BCUT2D eigenvalue weighted by Crippen LogP contribution is -2.38. The van der Waals surface area contributed by atoms with Crippen LogP contribution < -0.4 is 10.6 Å². The van der Waals surface area contributed by atoms with Crippen LogP contribution >= 0.6 is 0 Å². The van der Waals surface area contributed by atoms with E-state index in [-0.39, 0.29) is 6.04 Å². The predicted molar refractivity (Wildman–Crippen MR) is 89.9 cm³/mol. The van der Waals surface area contributed by atoms with Gasteiger partial charge < -0.3 is 15.4 Å². The van der Waals surface area contributed by atoms with Gasteiger partial charge in [0.15, 0.2) is 0 Å². The fraction of sp³-hybridized carbons (Fsp3) is 0.706. The molecule has 1 heterocycles. The Morgan fingerprint density at radius 3 is 2.48 bits per heavy atom. The molecule has 1 atom stereocenters. The quantitative estimate of drug-likeness (QED) is 0.760. The second-order valence-corrected chi connectivity index (χ2v) is 5.82. The zero-order chi connectivity index (χ0) is 15.8. The van der Waals surface area contributed by atoms with E-state index in [0.717, 1.165) is 38.2 Å². The summed E-state index contributed by atoms with van der Waals surface area (Å²) < 4.78 is 5.26. The molecule has 2 N–H and O–H groups in total. The second-order valence-electron chi connectivity index (χ2n) is 5.82. The van der Waals surface area contributed by atoms with Crippen LogP contribution in [0.15, 0.2) is 12.3 Å². The van der Waals surface area contributed by atoms with Crippen LogP contribution in [0.1, 0.15) is 44.7 Å². The Morgan fingerprint density at radius 2 is 2.00 bits per heavy atom. The summed E-state index contributed by atoms with van der Waals surface area (Å²) in [6.07, 6.45) is 5.07. The van der Waals surface area contributed by atoms with E-state index in [1.165, 1.54) is 11.1 Å². The number of anilines is 1. The third-order valence-electron chi connectivity index (χ3n) is 3.86. The van der Waals surface area contributed by atoms with Crippen molar-refractivity contribution in [2.75, 3.05) is 25.2 Å². The topological polar surface area (TPSA) is 51.4 Å². The first-order valence-electron chi connectivity index (χ1n) is 8.00. The van der Waals surface area contributed by atoms with Gasteiger partial charge in [0.2, 0.25) is 0 Å². The molecule has 0 amide bonds.